The number of ketones is 1. The Morgan fingerprint density at radius 2 is 1.94 bits per heavy atom. The molecular weight excluding hydrogens is 232 g/mol. The third kappa shape index (κ3) is 2.70. The van der Waals surface area contributed by atoms with Crippen LogP contribution in [0.3, 0.4) is 0 Å². The number of H-pyrrole nitrogens is 1. The molecule has 5 nitrogen and oxygen atoms in total. The molecule has 1 N–H and O–H groups in total. The van der Waals surface area contributed by atoms with Gasteiger partial charge in [-0.25, -0.2) is 0 Å². The van der Waals surface area contributed by atoms with Crippen LogP contribution in [0.4, 0.5) is 5.69 Å². The molecule has 0 aliphatic carbocycles. The van der Waals surface area contributed by atoms with Gasteiger partial charge in [-0.2, -0.15) is 0 Å². The molecular formula is C13H10N2O3. The Kier molecular flexibility index (Phi) is 3.33. The zero-order valence-electron chi connectivity index (χ0n) is 9.37. The molecule has 0 bridgehead atoms. The second kappa shape index (κ2) is 5.09. The van der Waals surface area contributed by atoms with E-state index in [4.69, 9.17) is 0 Å². The van der Waals surface area contributed by atoms with Gasteiger partial charge in [0.2, 0.25) is 0 Å². The summed E-state index contributed by atoms with van der Waals surface area (Å²) < 4.78 is 0. The van der Waals surface area contributed by atoms with Crippen LogP contribution < -0.4 is 0 Å². The number of aromatic amines is 1. The quantitative estimate of drug-likeness (QED) is 0.387. The number of nitro groups is 1. The minimum atomic E-state index is -0.497. The maximum absolute atomic E-state index is 11.8. The topological polar surface area (TPSA) is 76.0 Å². The molecule has 0 aliphatic heterocycles. The first-order valence-electron chi connectivity index (χ1n) is 5.27. The Morgan fingerprint density at radius 3 is 2.50 bits per heavy atom. The van der Waals surface area contributed by atoms with Crippen molar-refractivity contribution in [1.82, 2.24) is 4.98 Å². The molecule has 2 rings (SSSR count). The molecule has 0 radical (unpaired) electrons. The SMILES string of the molecule is O=C(C=Cc1ccc[nH]1)c1ccc([N+](=O)[O-])cc1. The Hall–Kier alpha value is -2.69. The van der Waals surface area contributed by atoms with Gasteiger partial charge in [0.25, 0.3) is 5.69 Å². The number of aromatic nitrogens is 1. The molecule has 0 fully saturated rings. The van der Waals surface area contributed by atoms with Crippen LogP contribution in [0.5, 0.6) is 0 Å². The molecule has 1 heterocycles. The Labute approximate surface area is 103 Å². The molecule has 0 unspecified atom stereocenters. The first-order valence-corrected chi connectivity index (χ1v) is 5.27. The fourth-order valence-corrected chi connectivity index (χ4v) is 1.46. The van der Waals surface area contributed by atoms with Crippen molar-refractivity contribution in [2.75, 3.05) is 0 Å². The van der Waals surface area contributed by atoms with Crippen molar-refractivity contribution in [3.63, 3.8) is 0 Å². The van der Waals surface area contributed by atoms with Gasteiger partial charge in [-0.3, -0.25) is 14.9 Å². The van der Waals surface area contributed by atoms with E-state index in [2.05, 4.69) is 4.98 Å². The molecule has 90 valence electrons. The second-order valence-electron chi connectivity index (χ2n) is 3.63. The van der Waals surface area contributed by atoms with Crippen molar-refractivity contribution in [1.29, 1.82) is 0 Å². The highest BCUT2D eigenvalue weighted by Gasteiger charge is 2.06. The van der Waals surface area contributed by atoms with Crippen molar-refractivity contribution < 1.29 is 9.72 Å². The number of nitro benzene ring substituents is 1. The van der Waals surface area contributed by atoms with E-state index in [-0.39, 0.29) is 11.5 Å². The lowest BCUT2D eigenvalue weighted by atomic mass is 10.1. The minimum absolute atomic E-state index is 0.0279. The van der Waals surface area contributed by atoms with E-state index in [1.807, 2.05) is 12.1 Å². The monoisotopic (exact) mass is 242 g/mol. The van der Waals surface area contributed by atoms with Crippen LogP contribution in [-0.2, 0) is 0 Å². The van der Waals surface area contributed by atoms with Crippen molar-refractivity contribution in [2.45, 2.75) is 0 Å². The van der Waals surface area contributed by atoms with Gasteiger partial charge in [-0.1, -0.05) is 0 Å². The minimum Gasteiger partial charge on any atom is -0.362 e. The highest BCUT2D eigenvalue weighted by atomic mass is 16.6. The number of hydrogen-bond acceptors (Lipinski definition) is 3. The Bertz CT molecular complexity index is 583. The molecule has 2 aromatic rings. The van der Waals surface area contributed by atoms with Gasteiger partial charge < -0.3 is 4.98 Å². The molecule has 0 aliphatic rings. The first-order chi connectivity index (χ1) is 8.66. The van der Waals surface area contributed by atoms with Gasteiger partial charge in [0, 0.05) is 29.6 Å². The van der Waals surface area contributed by atoms with Gasteiger partial charge in [0.15, 0.2) is 5.78 Å². The maximum Gasteiger partial charge on any atom is 0.269 e. The van der Waals surface area contributed by atoms with Crippen LogP contribution in [0.2, 0.25) is 0 Å². The van der Waals surface area contributed by atoms with Gasteiger partial charge in [-0.05, 0) is 36.4 Å². The lowest BCUT2D eigenvalue weighted by molar-refractivity contribution is -0.384. The van der Waals surface area contributed by atoms with Crippen molar-refractivity contribution in [2.24, 2.45) is 0 Å². The summed E-state index contributed by atoms with van der Waals surface area (Å²) in [7, 11) is 0. The van der Waals surface area contributed by atoms with Crippen molar-refractivity contribution in [3.8, 4) is 0 Å². The highest BCUT2D eigenvalue weighted by Crippen LogP contribution is 2.13. The van der Waals surface area contributed by atoms with E-state index in [0.29, 0.717) is 5.56 Å². The summed E-state index contributed by atoms with van der Waals surface area (Å²) in [6.45, 7) is 0. The van der Waals surface area contributed by atoms with E-state index in [1.165, 1.54) is 30.3 Å². The summed E-state index contributed by atoms with van der Waals surface area (Å²) in [5.41, 5.74) is 1.22. The predicted molar refractivity (Wildman–Crippen MR) is 67.3 cm³/mol. The third-order valence-corrected chi connectivity index (χ3v) is 2.40. The van der Waals surface area contributed by atoms with Crippen LogP contribution in [-0.4, -0.2) is 15.7 Å². The lowest BCUT2D eigenvalue weighted by Gasteiger charge is -1.95. The van der Waals surface area contributed by atoms with Gasteiger partial charge in [-0.15, -0.1) is 0 Å². The van der Waals surface area contributed by atoms with Gasteiger partial charge in [0.1, 0.15) is 0 Å². The van der Waals surface area contributed by atoms with Crippen molar-refractivity contribution in [3.05, 3.63) is 70.0 Å². The number of carbonyl (C=O) groups is 1. The third-order valence-electron chi connectivity index (χ3n) is 2.40. The van der Waals surface area contributed by atoms with Crippen LogP contribution in [0, 0.1) is 10.1 Å². The highest BCUT2D eigenvalue weighted by molar-refractivity contribution is 6.06. The Morgan fingerprint density at radius 1 is 1.22 bits per heavy atom. The number of nitrogens with one attached hydrogen (secondary N) is 1. The molecule has 1 aromatic heterocycles. The number of non-ortho nitro benzene ring substituents is 1. The molecule has 1 aromatic carbocycles. The smallest absolute Gasteiger partial charge is 0.269 e. The summed E-state index contributed by atoms with van der Waals surface area (Å²) in [4.78, 5) is 24.7. The van der Waals surface area contributed by atoms with Crippen LogP contribution in [0.15, 0.2) is 48.7 Å². The summed E-state index contributed by atoms with van der Waals surface area (Å²) in [6.07, 6.45) is 4.84. The van der Waals surface area contributed by atoms with E-state index in [1.54, 1.807) is 12.3 Å². The standard InChI is InChI=1S/C13H10N2O3/c16-13(8-5-11-2-1-9-14-11)10-3-6-12(7-4-10)15(17)18/h1-9,14H. The number of hydrogen-bond donors (Lipinski definition) is 1. The fourth-order valence-electron chi connectivity index (χ4n) is 1.46. The normalized spacial score (nSPS) is 10.7. The summed E-state index contributed by atoms with van der Waals surface area (Å²) >= 11 is 0. The summed E-state index contributed by atoms with van der Waals surface area (Å²) in [5.74, 6) is -0.195. The summed E-state index contributed by atoms with van der Waals surface area (Å²) in [6, 6.07) is 9.18. The number of nitrogens with zero attached hydrogens (tertiary/aromatic N) is 1. The molecule has 0 saturated carbocycles. The molecule has 5 heteroatoms. The number of rotatable bonds is 4. The number of carbonyl (C=O) groups excluding carboxylic acids is 1. The second-order valence-corrected chi connectivity index (χ2v) is 3.63. The van der Waals surface area contributed by atoms with E-state index in [9.17, 15) is 14.9 Å². The molecule has 0 atom stereocenters. The molecule has 0 spiro atoms. The maximum atomic E-state index is 11.8. The molecule has 0 amide bonds. The summed E-state index contributed by atoms with van der Waals surface area (Å²) in [5, 5.41) is 10.5. The van der Waals surface area contributed by atoms with Gasteiger partial charge in [0.05, 0.1) is 4.92 Å². The average Bonchev–Trinajstić information content (AvgIpc) is 2.89. The largest absolute Gasteiger partial charge is 0.362 e. The van der Waals surface area contributed by atoms with E-state index < -0.39 is 4.92 Å². The zero-order valence-corrected chi connectivity index (χ0v) is 9.37. The average molecular weight is 242 g/mol. The molecule has 0 saturated heterocycles. The Balaban J connectivity index is 2.12. The van der Waals surface area contributed by atoms with Gasteiger partial charge >= 0.3 is 0 Å². The lowest BCUT2D eigenvalue weighted by Crippen LogP contribution is -1.95. The number of allylic oxidation sites excluding steroid dienone is 1. The van der Waals surface area contributed by atoms with E-state index in [0.717, 1.165) is 5.69 Å². The van der Waals surface area contributed by atoms with Crippen molar-refractivity contribution >= 4 is 17.5 Å². The number of benzene rings is 1. The van der Waals surface area contributed by atoms with Crippen LogP contribution >= 0.6 is 0 Å². The first kappa shape index (κ1) is 11.8. The predicted octanol–water partition coefficient (Wildman–Crippen LogP) is 2.82. The van der Waals surface area contributed by atoms with Crippen LogP contribution in [0.25, 0.3) is 6.08 Å². The fraction of sp³-hybridized carbons (Fsp3) is 0. The molecule has 18 heavy (non-hydrogen) atoms. The zero-order chi connectivity index (χ0) is 13.0. The van der Waals surface area contributed by atoms with E-state index >= 15 is 0 Å². The van der Waals surface area contributed by atoms with Crippen LogP contribution in [0.1, 0.15) is 16.1 Å².